The molecule has 0 heterocycles. The highest BCUT2D eigenvalue weighted by Gasteiger charge is 2.23. The molecule has 1 aromatic rings. The second-order valence-corrected chi connectivity index (χ2v) is 6.91. The molecule has 140 valence electrons. The molecule has 1 aromatic carbocycles. The summed E-state index contributed by atoms with van der Waals surface area (Å²) < 4.78 is 31.6. The number of hydrogen-bond acceptors (Lipinski definition) is 5. The second-order valence-electron chi connectivity index (χ2n) is 4.98. The van der Waals surface area contributed by atoms with Crippen LogP contribution in [0, 0.1) is 0 Å². The zero-order valence-electron chi connectivity index (χ0n) is 14.4. The molecule has 0 atom stereocenters. The molecule has 3 N–H and O–H groups in total. The molecule has 0 aliphatic rings. The molecular weight excluding hydrogens is 350 g/mol. The molecule has 1 rings (SSSR count). The van der Waals surface area contributed by atoms with Gasteiger partial charge in [0.15, 0.2) is 0 Å². The number of anilines is 1. The van der Waals surface area contributed by atoms with E-state index >= 15 is 0 Å². The number of benzene rings is 1. The van der Waals surface area contributed by atoms with Crippen LogP contribution in [0.4, 0.5) is 10.5 Å². The number of carbonyl (C=O) groups is 2. The summed E-state index contributed by atoms with van der Waals surface area (Å²) in [5.41, 5.74) is 0.170. The van der Waals surface area contributed by atoms with E-state index in [1.807, 2.05) is 0 Å². The van der Waals surface area contributed by atoms with Crippen molar-refractivity contribution in [1.82, 2.24) is 9.62 Å². The number of amides is 2. The van der Waals surface area contributed by atoms with E-state index in [1.165, 1.54) is 29.6 Å². The molecule has 10 heteroatoms. The van der Waals surface area contributed by atoms with Crippen LogP contribution < -0.4 is 15.4 Å². The minimum atomic E-state index is -3.68. The molecule has 0 saturated heterocycles. The van der Waals surface area contributed by atoms with Gasteiger partial charge in [0.05, 0.1) is 24.1 Å². The van der Waals surface area contributed by atoms with E-state index in [2.05, 4.69) is 10.6 Å². The van der Waals surface area contributed by atoms with E-state index in [1.54, 1.807) is 13.8 Å². The van der Waals surface area contributed by atoms with Crippen LogP contribution in [-0.2, 0) is 14.8 Å². The maximum atomic E-state index is 12.6. The first-order chi connectivity index (χ1) is 11.8. The minimum absolute atomic E-state index is 0.0258. The number of aliphatic carboxylic acids is 1. The quantitative estimate of drug-likeness (QED) is 0.599. The lowest BCUT2D eigenvalue weighted by molar-refractivity contribution is -0.136. The monoisotopic (exact) mass is 373 g/mol. The Hall–Kier alpha value is -2.33. The maximum Gasteiger partial charge on any atom is 0.319 e. The van der Waals surface area contributed by atoms with Crippen molar-refractivity contribution >= 4 is 27.7 Å². The molecule has 0 bridgehead atoms. The highest BCUT2D eigenvalue weighted by atomic mass is 32.2. The zero-order chi connectivity index (χ0) is 19.0. The molecule has 9 nitrogen and oxygen atoms in total. The van der Waals surface area contributed by atoms with Crippen LogP contribution in [0.1, 0.15) is 20.3 Å². The van der Waals surface area contributed by atoms with Gasteiger partial charge in [0.25, 0.3) is 0 Å². The third-order valence-electron chi connectivity index (χ3n) is 3.39. The number of carboxylic acid groups (broad SMARTS) is 1. The van der Waals surface area contributed by atoms with E-state index < -0.39 is 22.0 Å². The summed E-state index contributed by atoms with van der Waals surface area (Å²) in [5.74, 6) is -0.753. The molecule has 0 aliphatic carbocycles. The number of nitrogens with one attached hydrogen (secondary N) is 2. The molecule has 0 aromatic heterocycles. The number of carbonyl (C=O) groups excluding carboxylic acids is 1. The first kappa shape index (κ1) is 20.7. The first-order valence-electron chi connectivity index (χ1n) is 7.71. The van der Waals surface area contributed by atoms with Crippen molar-refractivity contribution in [2.75, 3.05) is 32.1 Å². The van der Waals surface area contributed by atoms with E-state index in [-0.39, 0.29) is 29.3 Å². The fourth-order valence-corrected chi connectivity index (χ4v) is 3.59. The number of nitrogens with zero attached hydrogens (tertiary/aromatic N) is 1. The average Bonchev–Trinajstić information content (AvgIpc) is 2.55. The first-order valence-corrected chi connectivity index (χ1v) is 9.15. The van der Waals surface area contributed by atoms with Gasteiger partial charge in [0.2, 0.25) is 10.0 Å². The SMILES string of the molecule is CCN(CC)S(=O)(=O)c1ccc(OC)c(NC(=O)NCCC(=O)O)c1. The highest BCUT2D eigenvalue weighted by Crippen LogP contribution is 2.28. The lowest BCUT2D eigenvalue weighted by atomic mass is 10.3. The number of urea groups is 1. The summed E-state index contributed by atoms with van der Waals surface area (Å²) in [7, 11) is -2.29. The van der Waals surface area contributed by atoms with Gasteiger partial charge >= 0.3 is 12.0 Å². The van der Waals surface area contributed by atoms with Crippen molar-refractivity contribution in [3.05, 3.63) is 18.2 Å². The normalized spacial score (nSPS) is 11.2. The van der Waals surface area contributed by atoms with Crippen LogP contribution in [0.5, 0.6) is 5.75 Å². The number of hydrogen-bond donors (Lipinski definition) is 3. The Bertz CT molecular complexity index is 716. The predicted molar refractivity (Wildman–Crippen MR) is 92.4 cm³/mol. The van der Waals surface area contributed by atoms with Crippen LogP contribution in [-0.4, -0.2) is 56.6 Å². The third kappa shape index (κ3) is 5.61. The third-order valence-corrected chi connectivity index (χ3v) is 5.43. The van der Waals surface area contributed by atoms with Crippen molar-refractivity contribution in [1.29, 1.82) is 0 Å². The molecule has 0 spiro atoms. The molecule has 0 radical (unpaired) electrons. The number of rotatable bonds is 9. The molecule has 2 amide bonds. The van der Waals surface area contributed by atoms with Crippen molar-refractivity contribution in [2.24, 2.45) is 0 Å². The molecule has 25 heavy (non-hydrogen) atoms. The Balaban J connectivity index is 3.03. The Morgan fingerprint density at radius 2 is 1.88 bits per heavy atom. The number of sulfonamides is 1. The van der Waals surface area contributed by atoms with Crippen molar-refractivity contribution < 1.29 is 27.9 Å². The van der Waals surface area contributed by atoms with Crippen LogP contribution in [0.15, 0.2) is 23.1 Å². The van der Waals surface area contributed by atoms with Gasteiger partial charge in [0, 0.05) is 19.6 Å². The lowest BCUT2D eigenvalue weighted by Gasteiger charge is -2.19. The van der Waals surface area contributed by atoms with Crippen molar-refractivity contribution in [2.45, 2.75) is 25.2 Å². The number of ether oxygens (including phenoxy) is 1. The molecule has 0 unspecified atom stereocenters. The fourth-order valence-electron chi connectivity index (χ4n) is 2.11. The number of methoxy groups -OCH3 is 1. The van der Waals surface area contributed by atoms with E-state index in [9.17, 15) is 18.0 Å². The minimum Gasteiger partial charge on any atom is -0.495 e. The topological polar surface area (TPSA) is 125 Å². The van der Waals surface area contributed by atoms with Crippen molar-refractivity contribution in [3.63, 3.8) is 0 Å². The van der Waals surface area contributed by atoms with Gasteiger partial charge in [-0.05, 0) is 18.2 Å². The fraction of sp³-hybridized carbons (Fsp3) is 0.467. The smallest absolute Gasteiger partial charge is 0.319 e. The average molecular weight is 373 g/mol. The lowest BCUT2D eigenvalue weighted by Crippen LogP contribution is -2.32. The van der Waals surface area contributed by atoms with Gasteiger partial charge in [-0.3, -0.25) is 4.79 Å². The standard InChI is InChI=1S/C15H23N3O6S/c1-4-18(5-2)25(22,23)11-6-7-13(24-3)12(10-11)17-15(21)16-9-8-14(19)20/h6-7,10H,4-5,8-9H2,1-3H3,(H,19,20)(H2,16,17,21). The van der Waals surface area contributed by atoms with Crippen LogP contribution in [0.2, 0.25) is 0 Å². The Morgan fingerprint density at radius 3 is 2.40 bits per heavy atom. The largest absolute Gasteiger partial charge is 0.495 e. The highest BCUT2D eigenvalue weighted by molar-refractivity contribution is 7.89. The molecule has 0 fully saturated rings. The van der Waals surface area contributed by atoms with Gasteiger partial charge < -0.3 is 20.5 Å². The van der Waals surface area contributed by atoms with E-state index in [0.717, 1.165) is 0 Å². The number of carboxylic acids is 1. The molecule has 0 saturated carbocycles. The summed E-state index contributed by atoms with van der Waals surface area (Å²) in [5, 5.41) is 13.4. The van der Waals surface area contributed by atoms with Gasteiger partial charge in [0.1, 0.15) is 5.75 Å². The van der Waals surface area contributed by atoms with E-state index in [0.29, 0.717) is 13.1 Å². The predicted octanol–water partition coefficient (Wildman–Crippen LogP) is 1.32. The second kappa shape index (κ2) is 9.23. The Morgan fingerprint density at radius 1 is 1.24 bits per heavy atom. The summed E-state index contributed by atoms with van der Waals surface area (Å²) in [4.78, 5) is 22.3. The Labute approximate surface area is 147 Å². The summed E-state index contributed by atoms with van der Waals surface area (Å²) in [6, 6.07) is 3.50. The van der Waals surface area contributed by atoms with E-state index in [4.69, 9.17) is 9.84 Å². The zero-order valence-corrected chi connectivity index (χ0v) is 15.2. The van der Waals surface area contributed by atoms with Crippen LogP contribution in [0.3, 0.4) is 0 Å². The van der Waals surface area contributed by atoms with Gasteiger partial charge in [-0.2, -0.15) is 4.31 Å². The Kier molecular flexibility index (Phi) is 7.65. The van der Waals surface area contributed by atoms with Gasteiger partial charge in [-0.15, -0.1) is 0 Å². The maximum absolute atomic E-state index is 12.6. The summed E-state index contributed by atoms with van der Waals surface area (Å²) in [6.45, 7) is 4.06. The van der Waals surface area contributed by atoms with Crippen LogP contribution >= 0.6 is 0 Å². The van der Waals surface area contributed by atoms with Gasteiger partial charge in [-0.1, -0.05) is 13.8 Å². The molecular formula is C15H23N3O6S. The van der Waals surface area contributed by atoms with Gasteiger partial charge in [-0.25, -0.2) is 13.2 Å². The van der Waals surface area contributed by atoms with Crippen molar-refractivity contribution in [3.8, 4) is 5.75 Å². The summed E-state index contributed by atoms with van der Waals surface area (Å²) >= 11 is 0. The summed E-state index contributed by atoms with van der Waals surface area (Å²) in [6.07, 6.45) is -0.221. The van der Waals surface area contributed by atoms with Crippen LogP contribution in [0.25, 0.3) is 0 Å². The molecule has 0 aliphatic heterocycles.